The maximum atomic E-state index is 12.9. The van der Waals surface area contributed by atoms with Gasteiger partial charge in [-0.1, -0.05) is 41.6 Å². The van der Waals surface area contributed by atoms with Crippen LogP contribution in [0.15, 0.2) is 46.8 Å². The van der Waals surface area contributed by atoms with E-state index < -0.39 is 17.9 Å². The molecule has 0 bridgehead atoms. The fourth-order valence-electron chi connectivity index (χ4n) is 3.11. The zero-order valence-electron chi connectivity index (χ0n) is 16.5. The number of ether oxygens (including phenoxy) is 2. The van der Waals surface area contributed by atoms with Gasteiger partial charge in [-0.2, -0.15) is 0 Å². The Morgan fingerprint density at radius 2 is 1.76 bits per heavy atom. The summed E-state index contributed by atoms with van der Waals surface area (Å²) in [5, 5.41) is 10.9. The number of carbonyl (C=O) groups is 2. The van der Waals surface area contributed by atoms with Crippen molar-refractivity contribution in [3.63, 3.8) is 0 Å². The van der Waals surface area contributed by atoms with E-state index >= 15 is 0 Å². The molecule has 1 aliphatic rings. The van der Waals surface area contributed by atoms with Gasteiger partial charge in [0.05, 0.1) is 30.3 Å². The first-order chi connectivity index (χ1) is 13.8. The summed E-state index contributed by atoms with van der Waals surface area (Å²) in [6.45, 7) is 5.51. The van der Waals surface area contributed by atoms with Gasteiger partial charge in [-0.05, 0) is 32.4 Å². The summed E-state index contributed by atoms with van der Waals surface area (Å²) < 4.78 is 10.5. The molecule has 29 heavy (non-hydrogen) atoms. The molecule has 0 aliphatic carbocycles. The third kappa shape index (κ3) is 5.33. The first-order valence-corrected chi connectivity index (χ1v) is 10.4. The van der Waals surface area contributed by atoms with Gasteiger partial charge in [-0.15, -0.1) is 0 Å². The normalized spacial score (nSPS) is 16.3. The molecule has 0 fully saturated rings. The van der Waals surface area contributed by atoms with Crippen LogP contribution >= 0.6 is 23.4 Å². The second-order valence-electron chi connectivity index (χ2n) is 6.10. The molecule has 1 heterocycles. The van der Waals surface area contributed by atoms with Crippen molar-refractivity contribution in [3.8, 4) is 0 Å². The standard InChI is InChI=1S/C20H24ClN3O4S/c1-4-27-18(25)15-11(3)24-14(10-29-20(22)23)17(19(26)28-5-2)16(15)12-8-6-7-9-13(12)21/h6-9,16,24H,4-5,10H2,1-3H3,(H3,22,23). The van der Waals surface area contributed by atoms with Gasteiger partial charge in [-0.3, -0.25) is 5.41 Å². The second kappa shape index (κ2) is 10.4. The molecule has 156 valence electrons. The van der Waals surface area contributed by atoms with Gasteiger partial charge in [0.25, 0.3) is 0 Å². The number of hydrogen-bond donors (Lipinski definition) is 3. The van der Waals surface area contributed by atoms with Crippen molar-refractivity contribution in [2.24, 2.45) is 5.73 Å². The molecule has 1 aromatic carbocycles. The average molecular weight is 438 g/mol. The minimum atomic E-state index is -0.773. The number of amidine groups is 1. The summed E-state index contributed by atoms with van der Waals surface area (Å²) in [4.78, 5) is 25.8. The van der Waals surface area contributed by atoms with Crippen LogP contribution in [0.2, 0.25) is 5.02 Å². The SMILES string of the molecule is CCOC(=O)C1=C(C)NC(CSC(=N)N)=C(C(=O)OCC)C1c1ccccc1Cl. The zero-order valence-corrected chi connectivity index (χ0v) is 18.1. The molecule has 0 aromatic heterocycles. The molecule has 1 atom stereocenters. The van der Waals surface area contributed by atoms with Crippen LogP contribution in [0.4, 0.5) is 0 Å². The Bertz CT molecular complexity index is 882. The van der Waals surface area contributed by atoms with Crippen LogP contribution in [0.3, 0.4) is 0 Å². The molecule has 0 spiro atoms. The Morgan fingerprint density at radius 1 is 1.17 bits per heavy atom. The van der Waals surface area contributed by atoms with Crippen molar-refractivity contribution in [1.29, 1.82) is 5.41 Å². The number of nitrogens with one attached hydrogen (secondary N) is 2. The molecule has 0 saturated heterocycles. The van der Waals surface area contributed by atoms with Crippen LogP contribution < -0.4 is 11.1 Å². The molecule has 1 unspecified atom stereocenters. The highest BCUT2D eigenvalue weighted by atomic mass is 35.5. The minimum Gasteiger partial charge on any atom is -0.463 e. The highest BCUT2D eigenvalue weighted by Crippen LogP contribution is 2.42. The number of esters is 2. The predicted molar refractivity (Wildman–Crippen MR) is 115 cm³/mol. The van der Waals surface area contributed by atoms with Crippen LogP contribution in [0.5, 0.6) is 0 Å². The van der Waals surface area contributed by atoms with Gasteiger partial charge in [0.15, 0.2) is 5.17 Å². The molecular formula is C20H24ClN3O4S. The fraction of sp³-hybridized carbons (Fsp3) is 0.350. The van der Waals surface area contributed by atoms with E-state index in [9.17, 15) is 9.59 Å². The van der Waals surface area contributed by atoms with Crippen LogP contribution in [0.1, 0.15) is 32.3 Å². The molecule has 4 N–H and O–H groups in total. The van der Waals surface area contributed by atoms with E-state index in [0.29, 0.717) is 27.6 Å². The number of rotatable bonds is 7. The molecule has 2 rings (SSSR count). The lowest BCUT2D eigenvalue weighted by molar-refractivity contribution is -0.139. The number of carbonyl (C=O) groups excluding carboxylic acids is 2. The van der Waals surface area contributed by atoms with Gasteiger partial charge < -0.3 is 20.5 Å². The number of thioether (sulfide) groups is 1. The zero-order chi connectivity index (χ0) is 21.6. The molecule has 0 saturated carbocycles. The molecular weight excluding hydrogens is 414 g/mol. The Kier molecular flexibility index (Phi) is 8.16. The van der Waals surface area contributed by atoms with Crippen molar-refractivity contribution >= 4 is 40.5 Å². The van der Waals surface area contributed by atoms with E-state index in [2.05, 4.69) is 5.32 Å². The topological polar surface area (TPSA) is 115 Å². The Hall–Kier alpha value is -2.45. The Morgan fingerprint density at radius 3 is 2.31 bits per heavy atom. The summed E-state index contributed by atoms with van der Waals surface area (Å²) in [6.07, 6.45) is 0. The number of hydrogen-bond acceptors (Lipinski definition) is 7. The molecule has 9 heteroatoms. The maximum Gasteiger partial charge on any atom is 0.336 e. The molecule has 0 amide bonds. The summed E-state index contributed by atoms with van der Waals surface area (Å²) in [5.41, 5.74) is 7.67. The van der Waals surface area contributed by atoms with E-state index in [1.165, 1.54) is 0 Å². The minimum absolute atomic E-state index is 0.0883. The highest BCUT2D eigenvalue weighted by molar-refractivity contribution is 8.13. The number of halogens is 1. The van der Waals surface area contributed by atoms with Crippen molar-refractivity contribution in [2.45, 2.75) is 26.7 Å². The van der Waals surface area contributed by atoms with Gasteiger partial charge >= 0.3 is 11.9 Å². The van der Waals surface area contributed by atoms with E-state index in [-0.39, 0.29) is 29.7 Å². The van der Waals surface area contributed by atoms with Crippen molar-refractivity contribution in [1.82, 2.24) is 5.32 Å². The van der Waals surface area contributed by atoms with Crippen molar-refractivity contribution in [2.75, 3.05) is 19.0 Å². The summed E-state index contributed by atoms with van der Waals surface area (Å²) >= 11 is 7.51. The molecule has 7 nitrogen and oxygen atoms in total. The Labute approximate surface area is 179 Å². The number of allylic oxidation sites excluding steroid dienone is 1. The lowest BCUT2D eigenvalue weighted by Gasteiger charge is -2.31. The van der Waals surface area contributed by atoms with Crippen LogP contribution in [0, 0.1) is 5.41 Å². The van der Waals surface area contributed by atoms with Gasteiger partial charge in [0, 0.05) is 22.2 Å². The van der Waals surface area contributed by atoms with Crippen molar-refractivity contribution in [3.05, 3.63) is 57.4 Å². The van der Waals surface area contributed by atoms with Gasteiger partial charge in [-0.25, -0.2) is 9.59 Å². The molecule has 1 aromatic rings. The monoisotopic (exact) mass is 437 g/mol. The van der Waals surface area contributed by atoms with Crippen LogP contribution in [-0.4, -0.2) is 36.1 Å². The highest BCUT2D eigenvalue weighted by Gasteiger charge is 2.39. The lowest BCUT2D eigenvalue weighted by atomic mass is 9.80. The number of nitrogens with two attached hydrogens (primary N) is 1. The first kappa shape index (κ1) is 22.8. The second-order valence-corrected chi connectivity index (χ2v) is 7.53. The summed E-state index contributed by atoms with van der Waals surface area (Å²) in [5.74, 6) is -1.65. The lowest BCUT2D eigenvalue weighted by Crippen LogP contribution is -2.34. The maximum absolute atomic E-state index is 12.9. The van der Waals surface area contributed by atoms with E-state index in [0.717, 1.165) is 11.8 Å². The smallest absolute Gasteiger partial charge is 0.336 e. The van der Waals surface area contributed by atoms with E-state index in [4.69, 9.17) is 32.2 Å². The third-order valence-electron chi connectivity index (χ3n) is 4.22. The van der Waals surface area contributed by atoms with E-state index in [1.54, 1.807) is 45.0 Å². The molecule has 0 radical (unpaired) electrons. The van der Waals surface area contributed by atoms with Gasteiger partial charge in [0.1, 0.15) is 0 Å². The third-order valence-corrected chi connectivity index (χ3v) is 5.31. The number of benzene rings is 1. The fourth-order valence-corrected chi connectivity index (χ4v) is 3.88. The first-order valence-electron chi connectivity index (χ1n) is 9.08. The quantitative estimate of drug-likeness (QED) is 0.340. The predicted octanol–water partition coefficient (Wildman–Crippen LogP) is 3.31. The average Bonchev–Trinajstić information content (AvgIpc) is 2.66. The van der Waals surface area contributed by atoms with E-state index in [1.807, 2.05) is 0 Å². The largest absolute Gasteiger partial charge is 0.463 e. The van der Waals surface area contributed by atoms with Gasteiger partial charge in [0.2, 0.25) is 0 Å². The van der Waals surface area contributed by atoms with Crippen LogP contribution in [0.25, 0.3) is 0 Å². The number of dihydropyridines is 1. The Balaban J connectivity index is 2.72. The van der Waals surface area contributed by atoms with Crippen molar-refractivity contribution < 1.29 is 19.1 Å². The summed E-state index contributed by atoms with van der Waals surface area (Å²) in [6, 6.07) is 7.02. The summed E-state index contributed by atoms with van der Waals surface area (Å²) in [7, 11) is 0. The molecule has 1 aliphatic heterocycles. The van der Waals surface area contributed by atoms with Crippen LogP contribution in [-0.2, 0) is 19.1 Å².